The van der Waals surface area contributed by atoms with Crippen LogP contribution in [0.25, 0.3) is 0 Å². The van der Waals surface area contributed by atoms with Crippen molar-refractivity contribution in [3.63, 3.8) is 0 Å². The van der Waals surface area contributed by atoms with Crippen molar-refractivity contribution in [3.05, 3.63) is 27.7 Å². The molecule has 0 heterocycles. The third-order valence-corrected chi connectivity index (χ3v) is 2.57. The maximum Gasteiger partial charge on any atom is 0.139 e. The molecule has 2 nitrogen and oxygen atoms in total. The van der Waals surface area contributed by atoms with Gasteiger partial charge in [0.1, 0.15) is 12.4 Å². The van der Waals surface area contributed by atoms with Gasteiger partial charge in [-0.2, -0.15) is 0 Å². The average molecular weight is 308 g/mol. The van der Waals surface area contributed by atoms with Crippen molar-refractivity contribution in [2.24, 2.45) is 0 Å². The van der Waals surface area contributed by atoms with E-state index in [4.69, 9.17) is 21.1 Å². The molecule has 90 valence electrons. The van der Waals surface area contributed by atoms with Gasteiger partial charge < -0.3 is 9.47 Å². The van der Waals surface area contributed by atoms with Crippen molar-refractivity contribution in [2.45, 2.75) is 26.4 Å². The molecule has 0 saturated heterocycles. The first-order valence-electron chi connectivity index (χ1n) is 5.10. The Morgan fingerprint density at radius 1 is 1.25 bits per heavy atom. The van der Waals surface area contributed by atoms with Gasteiger partial charge in [-0.15, -0.1) is 0 Å². The van der Waals surface area contributed by atoms with Crippen molar-refractivity contribution in [1.82, 2.24) is 0 Å². The van der Waals surface area contributed by atoms with Crippen LogP contribution in [0.1, 0.15) is 20.8 Å². The fourth-order valence-corrected chi connectivity index (χ4v) is 1.60. The van der Waals surface area contributed by atoms with Crippen LogP contribution in [0.5, 0.6) is 5.75 Å². The molecule has 0 amide bonds. The Balaban J connectivity index is 2.40. The molecule has 0 saturated carbocycles. The zero-order chi connectivity index (χ0) is 12.2. The molecule has 0 fully saturated rings. The Morgan fingerprint density at radius 2 is 1.94 bits per heavy atom. The van der Waals surface area contributed by atoms with Crippen LogP contribution in [0.2, 0.25) is 5.02 Å². The Kier molecular flexibility index (Phi) is 5.09. The van der Waals surface area contributed by atoms with E-state index in [1.807, 2.05) is 32.9 Å². The van der Waals surface area contributed by atoms with Crippen LogP contribution in [0.15, 0.2) is 22.7 Å². The standard InChI is InChI=1S/C12H16BrClO2/c1-12(2,3)16-7-6-15-11-8-9(13)4-5-10(11)14/h4-5,8H,6-7H2,1-3H3. The zero-order valence-corrected chi connectivity index (χ0v) is 12.1. The first-order chi connectivity index (χ1) is 7.38. The Morgan fingerprint density at radius 3 is 2.56 bits per heavy atom. The Labute approximate surface area is 110 Å². The lowest BCUT2D eigenvalue weighted by molar-refractivity contribution is -0.0162. The van der Waals surface area contributed by atoms with Gasteiger partial charge in [-0.25, -0.2) is 0 Å². The summed E-state index contributed by atoms with van der Waals surface area (Å²) >= 11 is 9.35. The van der Waals surface area contributed by atoms with Gasteiger partial charge in [-0.3, -0.25) is 0 Å². The highest BCUT2D eigenvalue weighted by Gasteiger charge is 2.09. The summed E-state index contributed by atoms with van der Waals surface area (Å²) in [7, 11) is 0. The quantitative estimate of drug-likeness (QED) is 0.772. The zero-order valence-electron chi connectivity index (χ0n) is 9.72. The van der Waals surface area contributed by atoms with Crippen LogP contribution in [0.3, 0.4) is 0 Å². The molecule has 0 atom stereocenters. The van der Waals surface area contributed by atoms with E-state index in [0.29, 0.717) is 24.0 Å². The van der Waals surface area contributed by atoms with E-state index in [-0.39, 0.29) is 5.60 Å². The Bertz CT molecular complexity index is 347. The van der Waals surface area contributed by atoms with Crippen LogP contribution < -0.4 is 4.74 Å². The molecule has 16 heavy (non-hydrogen) atoms. The highest BCUT2D eigenvalue weighted by Crippen LogP contribution is 2.27. The van der Waals surface area contributed by atoms with E-state index in [9.17, 15) is 0 Å². The van der Waals surface area contributed by atoms with Crippen molar-refractivity contribution < 1.29 is 9.47 Å². The van der Waals surface area contributed by atoms with E-state index in [0.717, 1.165) is 4.47 Å². The molecule has 0 aliphatic rings. The minimum atomic E-state index is -0.134. The second kappa shape index (κ2) is 5.89. The van der Waals surface area contributed by atoms with Gasteiger partial charge in [0.05, 0.1) is 17.2 Å². The molecule has 0 spiro atoms. The van der Waals surface area contributed by atoms with Crippen LogP contribution in [0.4, 0.5) is 0 Å². The number of halogens is 2. The van der Waals surface area contributed by atoms with Crippen molar-refractivity contribution >= 4 is 27.5 Å². The second-order valence-electron chi connectivity index (χ2n) is 4.38. The predicted octanol–water partition coefficient (Wildman–Crippen LogP) is 4.30. The molecule has 0 bridgehead atoms. The smallest absolute Gasteiger partial charge is 0.139 e. The molecule has 4 heteroatoms. The third kappa shape index (κ3) is 5.19. The highest BCUT2D eigenvalue weighted by molar-refractivity contribution is 9.10. The minimum Gasteiger partial charge on any atom is -0.490 e. The molecule has 0 aliphatic heterocycles. The topological polar surface area (TPSA) is 18.5 Å². The first-order valence-corrected chi connectivity index (χ1v) is 6.27. The maximum atomic E-state index is 5.98. The van der Waals surface area contributed by atoms with Gasteiger partial charge >= 0.3 is 0 Å². The molecule has 0 N–H and O–H groups in total. The molecule has 1 rings (SSSR count). The summed E-state index contributed by atoms with van der Waals surface area (Å²) in [5.41, 5.74) is -0.134. The van der Waals surface area contributed by atoms with Gasteiger partial charge in [0.15, 0.2) is 0 Å². The summed E-state index contributed by atoms with van der Waals surface area (Å²) in [4.78, 5) is 0. The lowest BCUT2D eigenvalue weighted by atomic mass is 10.2. The van der Waals surface area contributed by atoms with Crippen LogP contribution in [-0.2, 0) is 4.74 Å². The van der Waals surface area contributed by atoms with Crippen LogP contribution in [0, 0.1) is 0 Å². The number of ether oxygens (including phenoxy) is 2. The largest absolute Gasteiger partial charge is 0.490 e. The summed E-state index contributed by atoms with van der Waals surface area (Å²) in [6.07, 6.45) is 0. The summed E-state index contributed by atoms with van der Waals surface area (Å²) in [5, 5.41) is 0.610. The molecule has 0 unspecified atom stereocenters. The molecule has 0 aliphatic carbocycles. The molecule has 1 aromatic rings. The molecular formula is C12H16BrClO2. The van der Waals surface area contributed by atoms with Gasteiger partial charge in [0, 0.05) is 4.47 Å². The number of hydrogen-bond acceptors (Lipinski definition) is 2. The molecular weight excluding hydrogens is 291 g/mol. The van der Waals surface area contributed by atoms with Gasteiger partial charge in [0.2, 0.25) is 0 Å². The fourth-order valence-electron chi connectivity index (χ4n) is 1.09. The van der Waals surface area contributed by atoms with Gasteiger partial charge in [-0.05, 0) is 39.0 Å². The van der Waals surface area contributed by atoms with Crippen LogP contribution >= 0.6 is 27.5 Å². The summed E-state index contributed by atoms with van der Waals surface area (Å²) < 4.78 is 12.0. The second-order valence-corrected chi connectivity index (χ2v) is 5.71. The van der Waals surface area contributed by atoms with Crippen molar-refractivity contribution in [2.75, 3.05) is 13.2 Å². The lowest BCUT2D eigenvalue weighted by Gasteiger charge is -2.19. The summed E-state index contributed by atoms with van der Waals surface area (Å²) in [5.74, 6) is 0.675. The van der Waals surface area contributed by atoms with Gasteiger partial charge in [0.25, 0.3) is 0 Å². The minimum absolute atomic E-state index is 0.134. The van der Waals surface area contributed by atoms with E-state index in [1.165, 1.54) is 0 Å². The van der Waals surface area contributed by atoms with Crippen molar-refractivity contribution in [1.29, 1.82) is 0 Å². The number of benzene rings is 1. The van der Waals surface area contributed by atoms with E-state index < -0.39 is 0 Å². The molecule has 0 radical (unpaired) electrons. The number of rotatable bonds is 4. The third-order valence-electron chi connectivity index (χ3n) is 1.77. The predicted molar refractivity (Wildman–Crippen MR) is 70.4 cm³/mol. The SMILES string of the molecule is CC(C)(C)OCCOc1cc(Br)ccc1Cl. The van der Waals surface area contributed by atoms with Crippen LogP contribution in [-0.4, -0.2) is 18.8 Å². The highest BCUT2D eigenvalue weighted by atomic mass is 79.9. The maximum absolute atomic E-state index is 5.98. The van der Waals surface area contributed by atoms with Crippen molar-refractivity contribution in [3.8, 4) is 5.75 Å². The average Bonchev–Trinajstić information content (AvgIpc) is 2.16. The summed E-state index contributed by atoms with van der Waals surface area (Å²) in [6.45, 7) is 7.08. The Hall–Kier alpha value is -0.250. The van der Waals surface area contributed by atoms with Gasteiger partial charge in [-0.1, -0.05) is 27.5 Å². The summed E-state index contributed by atoms with van der Waals surface area (Å²) in [6, 6.07) is 5.52. The monoisotopic (exact) mass is 306 g/mol. The normalized spacial score (nSPS) is 11.6. The number of hydrogen-bond donors (Lipinski definition) is 0. The van der Waals surface area contributed by atoms with E-state index >= 15 is 0 Å². The molecule has 1 aromatic carbocycles. The van der Waals surface area contributed by atoms with E-state index in [2.05, 4.69) is 15.9 Å². The van der Waals surface area contributed by atoms with E-state index in [1.54, 1.807) is 6.07 Å². The first kappa shape index (κ1) is 13.8. The fraction of sp³-hybridized carbons (Fsp3) is 0.500. The lowest BCUT2D eigenvalue weighted by Crippen LogP contribution is -2.22. The molecule has 0 aromatic heterocycles.